The van der Waals surface area contributed by atoms with Crippen molar-refractivity contribution in [1.82, 2.24) is 9.88 Å². The van der Waals surface area contributed by atoms with Crippen molar-refractivity contribution in [2.24, 2.45) is 0 Å². The molecular formula is C25H24ClF2N3O. The molecule has 4 rings (SSSR count). The fourth-order valence-corrected chi connectivity index (χ4v) is 4.23. The van der Waals surface area contributed by atoms with Crippen LogP contribution in [0.15, 0.2) is 48.7 Å². The van der Waals surface area contributed by atoms with Crippen molar-refractivity contribution in [3.63, 3.8) is 0 Å². The first-order valence-electron chi connectivity index (χ1n) is 10.6. The summed E-state index contributed by atoms with van der Waals surface area (Å²) in [6.45, 7) is 4.70. The van der Waals surface area contributed by atoms with E-state index in [1.807, 2.05) is 19.1 Å². The van der Waals surface area contributed by atoms with Gasteiger partial charge in [-0.05, 0) is 68.0 Å². The van der Waals surface area contributed by atoms with Gasteiger partial charge in [-0.25, -0.2) is 13.8 Å². The minimum Gasteiger partial charge on any atom is -0.352 e. The SMILES string of the molecule is Cc1ccc(Nc2c(C(=O)N3CCC(c4ccc(F)cc4)CC3)cnc(Cl)c2C)c(F)c1. The molecule has 4 nitrogen and oxygen atoms in total. The zero-order valence-electron chi connectivity index (χ0n) is 18.0. The first kappa shape index (κ1) is 22.2. The van der Waals surface area contributed by atoms with E-state index < -0.39 is 5.82 Å². The van der Waals surface area contributed by atoms with E-state index >= 15 is 0 Å². The molecule has 0 bridgehead atoms. The highest BCUT2D eigenvalue weighted by molar-refractivity contribution is 6.30. The van der Waals surface area contributed by atoms with E-state index in [1.54, 1.807) is 24.0 Å². The molecule has 0 saturated carbocycles. The van der Waals surface area contributed by atoms with Crippen LogP contribution in [0.2, 0.25) is 5.15 Å². The number of hydrogen-bond acceptors (Lipinski definition) is 3. The van der Waals surface area contributed by atoms with Gasteiger partial charge in [-0.3, -0.25) is 4.79 Å². The number of halogens is 3. The van der Waals surface area contributed by atoms with Crippen molar-refractivity contribution in [2.75, 3.05) is 18.4 Å². The Kier molecular flexibility index (Phi) is 6.42. The molecule has 1 saturated heterocycles. The third-order valence-electron chi connectivity index (χ3n) is 6.00. The number of nitrogens with zero attached hydrogens (tertiary/aromatic N) is 2. The summed E-state index contributed by atoms with van der Waals surface area (Å²) in [4.78, 5) is 19.3. The molecule has 1 N–H and O–H groups in total. The second-order valence-corrected chi connectivity index (χ2v) is 8.55. The van der Waals surface area contributed by atoms with Crippen LogP contribution < -0.4 is 5.32 Å². The topological polar surface area (TPSA) is 45.2 Å². The van der Waals surface area contributed by atoms with Gasteiger partial charge in [0.25, 0.3) is 5.91 Å². The number of rotatable bonds is 4. The van der Waals surface area contributed by atoms with Gasteiger partial charge in [0.2, 0.25) is 0 Å². The Morgan fingerprint density at radius 1 is 1.09 bits per heavy atom. The van der Waals surface area contributed by atoms with E-state index in [0.717, 1.165) is 24.0 Å². The van der Waals surface area contributed by atoms with Gasteiger partial charge in [0.05, 0.1) is 16.9 Å². The Labute approximate surface area is 191 Å². The van der Waals surface area contributed by atoms with Crippen LogP contribution in [0.1, 0.15) is 45.8 Å². The lowest BCUT2D eigenvalue weighted by atomic mass is 9.89. The Bertz CT molecular complexity index is 1140. The predicted molar refractivity (Wildman–Crippen MR) is 123 cm³/mol. The van der Waals surface area contributed by atoms with Gasteiger partial charge in [-0.1, -0.05) is 29.8 Å². The summed E-state index contributed by atoms with van der Waals surface area (Å²) in [5.41, 5.74) is 3.55. The van der Waals surface area contributed by atoms with E-state index in [0.29, 0.717) is 29.9 Å². The number of carbonyl (C=O) groups excluding carboxylic acids is 1. The van der Waals surface area contributed by atoms with E-state index in [-0.39, 0.29) is 28.5 Å². The van der Waals surface area contributed by atoms with E-state index in [9.17, 15) is 13.6 Å². The lowest BCUT2D eigenvalue weighted by Crippen LogP contribution is -2.38. The van der Waals surface area contributed by atoms with E-state index in [2.05, 4.69) is 10.3 Å². The molecule has 1 aliphatic rings. The minimum atomic E-state index is -0.407. The van der Waals surface area contributed by atoms with Gasteiger partial charge < -0.3 is 10.2 Å². The average molecular weight is 456 g/mol. The monoisotopic (exact) mass is 455 g/mol. The molecule has 1 amide bonds. The average Bonchev–Trinajstić information content (AvgIpc) is 2.79. The van der Waals surface area contributed by atoms with Gasteiger partial charge in [-0.2, -0.15) is 0 Å². The summed E-state index contributed by atoms with van der Waals surface area (Å²) in [7, 11) is 0. The molecule has 7 heteroatoms. The first-order valence-corrected chi connectivity index (χ1v) is 10.9. The Balaban J connectivity index is 1.55. The lowest BCUT2D eigenvalue weighted by molar-refractivity contribution is 0.0713. The molecule has 2 aromatic carbocycles. The van der Waals surface area contributed by atoms with Crippen molar-refractivity contribution in [3.05, 3.63) is 87.7 Å². The first-order chi connectivity index (χ1) is 15.3. The Morgan fingerprint density at radius 2 is 1.78 bits per heavy atom. The summed E-state index contributed by atoms with van der Waals surface area (Å²) < 4.78 is 27.7. The summed E-state index contributed by atoms with van der Waals surface area (Å²) in [5, 5.41) is 3.31. The fraction of sp³-hybridized carbons (Fsp3) is 0.280. The van der Waals surface area contributed by atoms with Crippen LogP contribution in [-0.4, -0.2) is 28.9 Å². The highest BCUT2D eigenvalue weighted by Crippen LogP contribution is 2.33. The number of anilines is 2. The number of piperidine rings is 1. The maximum atomic E-state index is 14.5. The highest BCUT2D eigenvalue weighted by Gasteiger charge is 2.27. The number of aromatic nitrogens is 1. The molecule has 166 valence electrons. The molecule has 2 heterocycles. The molecule has 1 aliphatic heterocycles. The molecule has 3 aromatic rings. The number of amides is 1. The van der Waals surface area contributed by atoms with Crippen molar-refractivity contribution in [2.45, 2.75) is 32.6 Å². The lowest BCUT2D eigenvalue weighted by Gasteiger charge is -2.33. The smallest absolute Gasteiger partial charge is 0.257 e. The largest absolute Gasteiger partial charge is 0.352 e. The van der Waals surface area contributed by atoms with Gasteiger partial charge in [-0.15, -0.1) is 0 Å². The Morgan fingerprint density at radius 3 is 2.44 bits per heavy atom. The second-order valence-electron chi connectivity index (χ2n) is 8.19. The van der Waals surface area contributed by atoms with Crippen molar-refractivity contribution >= 4 is 28.9 Å². The van der Waals surface area contributed by atoms with Crippen molar-refractivity contribution in [1.29, 1.82) is 0 Å². The number of hydrogen-bond donors (Lipinski definition) is 1. The van der Waals surface area contributed by atoms with Crippen LogP contribution in [0.25, 0.3) is 0 Å². The number of aryl methyl sites for hydroxylation is 1. The molecule has 32 heavy (non-hydrogen) atoms. The van der Waals surface area contributed by atoms with Gasteiger partial charge in [0.1, 0.15) is 16.8 Å². The zero-order chi connectivity index (χ0) is 22.8. The van der Waals surface area contributed by atoms with Crippen LogP contribution in [0.4, 0.5) is 20.2 Å². The maximum absolute atomic E-state index is 14.5. The normalized spacial score (nSPS) is 14.5. The van der Waals surface area contributed by atoms with Crippen LogP contribution in [-0.2, 0) is 0 Å². The number of benzene rings is 2. The number of pyridine rings is 1. The van der Waals surface area contributed by atoms with Crippen LogP contribution in [0.5, 0.6) is 0 Å². The van der Waals surface area contributed by atoms with Gasteiger partial charge >= 0.3 is 0 Å². The molecule has 1 fully saturated rings. The number of likely N-dealkylation sites (tertiary alicyclic amines) is 1. The van der Waals surface area contributed by atoms with Crippen LogP contribution in [0, 0.1) is 25.5 Å². The standard InChI is InChI=1S/C25H24ClF2N3O/c1-15-3-8-22(21(28)13-15)30-23-16(2)24(26)29-14-20(23)25(32)31-11-9-18(10-12-31)17-4-6-19(27)7-5-17/h3-8,13-14,18H,9-12H2,1-2H3,(H,29,30). The molecule has 0 unspecified atom stereocenters. The summed E-state index contributed by atoms with van der Waals surface area (Å²) in [5.74, 6) is -0.554. The van der Waals surface area contributed by atoms with Crippen LogP contribution in [0.3, 0.4) is 0 Å². The predicted octanol–water partition coefficient (Wildman–Crippen LogP) is 6.39. The van der Waals surface area contributed by atoms with Crippen LogP contribution >= 0.6 is 11.6 Å². The molecular weight excluding hydrogens is 432 g/mol. The maximum Gasteiger partial charge on any atom is 0.257 e. The Hall–Kier alpha value is -2.99. The quantitative estimate of drug-likeness (QED) is 0.463. The van der Waals surface area contributed by atoms with Gasteiger partial charge in [0.15, 0.2) is 0 Å². The van der Waals surface area contributed by atoms with Crippen molar-refractivity contribution in [3.8, 4) is 0 Å². The number of carbonyl (C=O) groups is 1. The highest BCUT2D eigenvalue weighted by atomic mass is 35.5. The molecule has 0 atom stereocenters. The van der Waals surface area contributed by atoms with E-state index in [1.165, 1.54) is 24.4 Å². The third kappa shape index (κ3) is 4.60. The number of nitrogens with one attached hydrogen (secondary N) is 1. The summed E-state index contributed by atoms with van der Waals surface area (Å²) >= 11 is 6.21. The molecule has 0 aliphatic carbocycles. The van der Waals surface area contributed by atoms with Crippen molar-refractivity contribution < 1.29 is 13.6 Å². The van der Waals surface area contributed by atoms with Gasteiger partial charge in [0, 0.05) is 24.8 Å². The fourth-order valence-electron chi connectivity index (χ4n) is 4.09. The summed E-state index contributed by atoms with van der Waals surface area (Å²) in [6.07, 6.45) is 3.01. The zero-order valence-corrected chi connectivity index (χ0v) is 18.7. The molecule has 0 spiro atoms. The second kappa shape index (κ2) is 9.25. The molecule has 0 radical (unpaired) electrons. The van der Waals surface area contributed by atoms with E-state index in [4.69, 9.17) is 11.6 Å². The minimum absolute atomic E-state index is 0.176. The third-order valence-corrected chi connectivity index (χ3v) is 6.38. The molecule has 1 aromatic heterocycles. The summed E-state index contributed by atoms with van der Waals surface area (Å²) in [6, 6.07) is 11.4.